The third kappa shape index (κ3) is 3.44. The number of carbonyl (C=O) groups excluding carboxylic acids is 1. The van der Waals surface area contributed by atoms with E-state index in [1.807, 2.05) is 0 Å². The van der Waals surface area contributed by atoms with Crippen LogP contribution < -0.4 is 10.1 Å². The van der Waals surface area contributed by atoms with Crippen LogP contribution in [0.2, 0.25) is 0 Å². The molecule has 0 fully saturated rings. The summed E-state index contributed by atoms with van der Waals surface area (Å²) in [5, 5.41) is 11.2. The Morgan fingerprint density at radius 1 is 1.50 bits per heavy atom. The minimum absolute atomic E-state index is 0.0412. The van der Waals surface area contributed by atoms with Gasteiger partial charge in [0.1, 0.15) is 6.04 Å². The van der Waals surface area contributed by atoms with E-state index in [0.717, 1.165) is 0 Å². The Morgan fingerprint density at radius 3 is 2.67 bits per heavy atom. The van der Waals surface area contributed by atoms with Crippen LogP contribution >= 0.6 is 0 Å². The fourth-order valence-corrected chi connectivity index (χ4v) is 1.54. The molecule has 1 aromatic carbocycles. The number of halogens is 1. The van der Waals surface area contributed by atoms with Crippen molar-refractivity contribution in [2.45, 2.75) is 19.4 Å². The summed E-state index contributed by atoms with van der Waals surface area (Å²) in [5.74, 6) is -2.27. The van der Waals surface area contributed by atoms with Gasteiger partial charge in [-0.05, 0) is 11.6 Å². The maximum Gasteiger partial charge on any atom is 0.326 e. The number of methoxy groups -OCH3 is 1. The number of carbonyl (C=O) groups is 2. The van der Waals surface area contributed by atoms with Crippen LogP contribution in [0.25, 0.3) is 0 Å². The van der Waals surface area contributed by atoms with Crippen LogP contribution in [-0.2, 0) is 16.0 Å². The first-order valence-corrected chi connectivity index (χ1v) is 5.27. The van der Waals surface area contributed by atoms with E-state index in [1.165, 1.54) is 26.2 Å². The molecule has 6 heteroatoms. The SMILES string of the molecule is COc1cccc(CC(NC(C)=O)C(=O)O)c1F. The van der Waals surface area contributed by atoms with E-state index in [4.69, 9.17) is 9.84 Å². The highest BCUT2D eigenvalue weighted by molar-refractivity contribution is 5.82. The molecule has 18 heavy (non-hydrogen) atoms. The van der Waals surface area contributed by atoms with E-state index in [0.29, 0.717) is 0 Å². The Hall–Kier alpha value is -2.11. The van der Waals surface area contributed by atoms with Gasteiger partial charge < -0.3 is 15.2 Å². The van der Waals surface area contributed by atoms with Gasteiger partial charge in [-0.15, -0.1) is 0 Å². The van der Waals surface area contributed by atoms with Crippen LogP contribution in [-0.4, -0.2) is 30.1 Å². The third-order valence-corrected chi connectivity index (χ3v) is 2.36. The zero-order valence-electron chi connectivity index (χ0n) is 10.1. The molecule has 0 saturated heterocycles. The number of benzene rings is 1. The smallest absolute Gasteiger partial charge is 0.326 e. The molecule has 0 bridgehead atoms. The van der Waals surface area contributed by atoms with Gasteiger partial charge in [0.05, 0.1) is 7.11 Å². The first-order chi connectivity index (χ1) is 8.45. The number of aliphatic carboxylic acids is 1. The summed E-state index contributed by atoms with van der Waals surface area (Å²) in [6, 6.07) is 3.29. The molecule has 1 aromatic rings. The molecule has 0 aliphatic carbocycles. The van der Waals surface area contributed by atoms with Gasteiger partial charge in [-0.25, -0.2) is 9.18 Å². The molecule has 1 atom stereocenters. The lowest BCUT2D eigenvalue weighted by atomic mass is 10.0. The lowest BCUT2D eigenvalue weighted by Gasteiger charge is -2.14. The summed E-state index contributed by atoms with van der Waals surface area (Å²) < 4.78 is 18.6. The van der Waals surface area contributed by atoms with Gasteiger partial charge in [-0.3, -0.25) is 4.79 Å². The van der Waals surface area contributed by atoms with Crippen LogP contribution in [0, 0.1) is 5.82 Å². The second kappa shape index (κ2) is 6.00. The number of rotatable bonds is 5. The molecule has 0 saturated carbocycles. The zero-order valence-corrected chi connectivity index (χ0v) is 10.1. The summed E-state index contributed by atoms with van der Waals surface area (Å²) >= 11 is 0. The molecule has 1 unspecified atom stereocenters. The maximum absolute atomic E-state index is 13.8. The molecule has 2 N–H and O–H groups in total. The maximum atomic E-state index is 13.8. The minimum Gasteiger partial charge on any atom is -0.494 e. The number of amides is 1. The Morgan fingerprint density at radius 2 is 2.17 bits per heavy atom. The first-order valence-electron chi connectivity index (χ1n) is 5.27. The quantitative estimate of drug-likeness (QED) is 0.822. The number of ether oxygens (including phenoxy) is 1. The largest absolute Gasteiger partial charge is 0.494 e. The van der Waals surface area contributed by atoms with Crippen LogP contribution in [0.15, 0.2) is 18.2 Å². The van der Waals surface area contributed by atoms with E-state index in [9.17, 15) is 14.0 Å². The predicted molar refractivity (Wildman–Crippen MR) is 61.9 cm³/mol. The topological polar surface area (TPSA) is 75.6 Å². The number of nitrogens with one attached hydrogen (secondary N) is 1. The van der Waals surface area contributed by atoms with E-state index >= 15 is 0 Å². The number of carboxylic acid groups (broad SMARTS) is 1. The van der Waals surface area contributed by atoms with Gasteiger partial charge in [-0.2, -0.15) is 0 Å². The lowest BCUT2D eigenvalue weighted by molar-refractivity contribution is -0.141. The Kier molecular flexibility index (Phi) is 4.65. The highest BCUT2D eigenvalue weighted by atomic mass is 19.1. The first kappa shape index (κ1) is 14.0. The molecule has 1 rings (SSSR count). The number of hydrogen-bond acceptors (Lipinski definition) is 3. The average Bonchev–Trinajstić information content (AvgIpc) is 2.30. The van der Waals surface area contributed by atoms with Gasteiger partial charge in [0.15, 0.2) is 11.6 Å². The molecule has 98 valence electrons. The lowest BCUT2D eigenvalue weighted by Crippen LogP contribution is -2.41. The molecule has 0 aromatic heterocycles. The van der Waals surface area contributed by atoms with Crippen molar-refractivity contribution in [3.63, 3.8) is 0 Å². The Bertz CT molecular complexity index is 461. The van der Waals surface area contributed by atoms with E-state index in [1.54, 1.807) is 6.07 Å². The highest BCUT2D eigenvalue weighted by Crippen LogP contribution is 2.21. The summed E-state index contributed by atoms with van der Waals surface area (Å²) in [5.41, 5.74) is 0.176. The fraction of sp³-hybridized carbons (Fsp3) is 0.333. The van der Waals surface area contributed by atoms with Crippen molar-refractivity contribution in [2.24, 2.45) is 0 Å². The second-order valence-electron chi connectivity index (χ2n) is 3.73. The van der Waals surface area contributed by atoms with Crippen LogP contribution in [0.5, 0.6) is 5.75 Å². The van der Waals surface area contributed by atoms with Crippen molar-refractivity contribution in [1.29, 1.82) is 0 Å². The van der Waals surface area contributed by atoms with Gasteiger partial charge in [0.25, 0.3) is 0 Å². The summed E-state index contributed by atoms with van der Waals surface area (Å²) in [6.07, 6.45) is -0.141. The van der Waals surface area contributed by atoms with Gasteiger partial charge >= 0.3 is 5.97 Å². The summed E-state index contributed by atoms with van der Waals surface area (Å²) in [4.78, 5) is 21.8. The summed E-state index contributed by atoms with van der Waals surface area (Å²) in [6.45, 7) is 1.21. The van der Waals surface area contributed by atoms with Crippen LogP contribution in [0.3, 0.4) is 0 Å². The van der Waals surface area contributed by atoms with Gasteiger partial charge in [-0.1, -0.05) is 12.1 Å². The van der Waals surface area contributed by atoms with Gasteiger partial charge in [0, 0.05) is 13.3 Å². The molecule has 0 radical (unpaired) electrons. The van der Waals surface area contributed by atoms with Crippen molar-refractivity contribution in [2.75, 3.05) is 7.11 Å². The molecular weight excluding hydrogens is 241 g/mol. The molecule has 0 spiro atoms. The van der Waals surface area contributed by atoms with Crippen molar-refractivity contribution >= 4 is 11.9 Å². The van der Waals surface area contributed by atoms with E-state index in [2.05, 4.69) is 5.32 Å². The Balaban J connectivity index is 2.93. The van der Waals surface area contributed by atoms with Crippen LogP contribution in [0.1, 0.15) is 12.5 Å². The van der Waals surface area contributed by atoms with Gasteiger partial charge in [0.2, 0.25) is 5.91 Å². The minimum atomic E-state index is -1.22. The highest BCUT2D eigenvalue weighted by Gasteiger charge is 2.21. The molecular formula is C12H14FNO4. The standard InChI is InChI=1S/C12H14FNO4/c1-7(15)14-9(12(16)17)6-8-4-3-5-10(18-2)11(8)13/h3-5,9H,6H2,1-2H3,(H,14,15)(H,16,17). The van der Waals surface area contributed by atoms with E-state index < -0.39 is 23.7 Å². The predicted octanol–water partition coefficient (Wildman–Crippen LogP) is 0.966. The molecule has 0 aliphatic rings. The Labute approximate surface area is 104 Å². The molecule has 0 aliphatic heterocycles. The van der Waals surface area contributed by atoms with E-state index in [-0.39, 0.29) is 17.7 Å². The van der Waals surface area contributed by atoms with Crippen molar-refractivity contribution in [3.8, 4) is 5.75 Å². The van der Waals surface area contributed by atoms with Crippen molar-refractivity contribution in [1.82, 2.24) is 5.32 Å². The summed E-state index contributed by atoms with van der Waals surface area (Å²) in [7, 11) is 1.32. The third-order valence-electron chi connectivity index (χ3n) is 2.36. The molecule has 0 heterocycles. The van der Waals surface area contributed by atoms with Crippen LogP contribution in [0.4, 0.5) is 4.39 Å². The number of carboxylic acids is 1. The van der Waals surface area contributed by atoms with Crippen molar-refractivity contribution < 1.29 is 23.8 Å². The average molecular weight is 255 g/mol. The molecule has 5 nitrogen and oxygen atoms in total. The number of hydrogen-bond donors (Lipinski definition) is 2. The molecule has 1 amide bonds. The monoisotopic (exact) mass is 255 g/mol. The van der Waals surface area contributed by atoms with Crippen molar-refractivity contribution in [3.05, 3.63) is 29.6 Å². The zero-order chi connectivity index (χ0) is 13.7. The second-order valence-corrected chi connectivity index (χ2v) is 3.73. The fourth-order valence-electron chi connectivity index (χ4n) is 1.54. The normalized spacial score (nSPS) is 11.7.